The Balaban J connectivity index is 1.78. The molecule has 5 nitrogen and oxygen atoms in total. The molecule has 1 aromatic heterocycles. The standard InChI is InChI=1S/C20H24BrN3O2S/c1-12-17-18(13-4-6-14(21)7-5-13)27-11-16(25)22-19(17)24(23-12)15-8-9-26-20(2,3)10-15/h4-7,15,18H,8-11H2,1-3H3,(H,22,25). The first-order valence-electron chi connectivity index (χ1n) is 9.24. The van der Waals surface area contributed by atoms with Crippen LogP contribution in [0.25, 0.3) is 0 Å². The van der Waals surface area contributed by atoms with Crippen molar-refractivity contribution < 1.29 is 9.53 Å². The minimum Gasteiger partial charge on any atom is -0.375 e. The summed E-state index contributed by atoms with van der Waals surface area (Å²) in [7, 11) is 0. The number of benzene rings is 1. The Kier molecular flexibility index (Phi) is 5.12. The van der Waals surface area contributed by atoms with E-state index >= 15 is 0 Å². The van der Waals surface area contributed by atoms with Gasteiger partial charge < -0.3 is 10.1 Å². The van der Waals surface area contributed by atoms with Gasteiger partial charge in [-0.15, -0.1) is 11.8 Å². The lowest BCUT2D eigenvalue weighted by molar-refractivity contribution is -0.113. The fourth-order valence-corrected chi connectivity index (χ4v) is 5.44. The molecular formula is C20H24BrN3O2S. The van der Waals surface area contributed by atoms with Crippen molar-refractivity contribution in [3.05, 3.63) is 45.6 Å². The number of nitrogens with zero attached hydrogens (tertiary/aromatic N) is 2. The van der Waals surface area contributed by atoms with Crippen LogP contribution in [0.4, 0.5) is 5.82 Å². The lowest BCUT2D eigenvalue weighted by Crippen LogP contribution is -2.36. The summed E-state index contributed by atoms with van der Waals surface area (Å²) in [6, 6.07) is 8.57. The number of rotatable bonds is 2. The molecule has 0 bridgehead atoms. The van der Waals surface area contributed by atoms with Crippen molar-refractivity contribution in [2.75, 3.05) is 17.7 Å². The first kappa shape index (κ1) is 19.0. The molecule has 144 valence electrons. The van der Waals surface area contributed by atoms with Gasteiger partial charge in [-0.3, -0.25) is 4.79 Å². The second-order valence-electron chi connectivity index (χ2n) is 7.84. The van der Waals surface area contributed by atoms with Crippen LogP contribution in [-0.2, 0) is 9.53 Å². The van der Waals surface area contributed by atoms with Gasteiger partial charge in [0.1, 0.15) is 5.82 Å². The Hall–Kier alpha value is -1.31. The van der Waals surface area contributed by atoms with Gasteiger partial charge in [-0.1, -0.05) is 28.1 Å². The normalized spacial score (nSPS) is 24.8. The summed E-state index contributed by atoms with van der Waals surface area (Å²) in [6.45, 7) is 6.99. The predicted molar refractivity (Wildman–Crippen MR) is 112 cm³/mol. The number of amides is 1. The molecule has 2 aromatic rings. The first-order chi connectivity index (χ1) is 12.8. The molecule has 2 aliphatic heterocycles. The largest absolute Gasteiger partial charge is 0.375 e. The molecule has 0 aliphatic carbocycles. The number of nitrogens with one attached hydrogen (secondary N) is 1. The monoisotopic (exact) mass is 449 g/mol. The van der Waals surface area contributed by atoms with Crippen LogP contribution in [0, 0.1) is 6.92 Å². The molecule has 1 amide bonds. The van der Waals surface area contributed by atoms with Gasteiger partial charge in [0.2, 0.25) is 5.91 Å². The number of aryl methyl sites for hydroxylation is 1. The van der Waals surface area contributed by atoms with Crippen LogP contribution >= 0.6 is 27.7 Å². The topological polar surface area (TPSA) is 56.2 Å². The van der Waals surface area contributed by atoms with Crippen molar-refractivity contribution in [3.63, 3.8) is 0 Å². The van der Waals surface area contributed by atoms with Gasteiger partial charge in [0.25, 0.3) is 0 Å². The molecule has 7 heteroatoms. The maximum atomic E-state index is 12.4. The second-order valence-corrected chi connectivity index (χ2v) is 9.85. The highest BCUT2D eigenvalue weighted by Gasteiger charge is 2.35. The van der Waals surface area contributed by atoms with Gasteiger partial charge in [-0.25, -0.2) is 4.68 Å². The minimum absolute atomic E-state index is 0.0355. The molecule has 0 radical (unpaired) electrons. The van der Waals surface area contributed by atoms with Gasteiger partial charge in [0.15, 0.2) is 0 Å². The van der Waals surface area contributed by atoms with Crippen molar-refractivity contribution in [2.45, 2.75) is 50.5 Å². The smallest absolute Gasteiger partial charge is 0.235 e. The Labute approximate surface area is 172 Å². The number of aromatic nitrogens is 2. The second kappa shape index (κ2) is 7.26. The highest BCUT2D eigenvalue weighted by atomic mass is 79.9. The van der Waals surface area contributed by atoms with Crippen LogP contribution < -0.4 is 5.32 Å². The molecule has 0 spiro atoms. The molecule has 2 aliphatic rings. The fourth-order valence-electron chi connectivity index (χ4n) is 3.98. The summed E-state index contributed by atoms with van der Waals surface area (Å²) in [4.78, 5) is 12.4. The number of hydrogen-bond donors (Lipinski definition) is 1. The number of carbonyl (C=O) groups is 1. The SMILES string of the molecule is Cc1nn(C2CCOC(C)(C)C2)c2c1C(c1ccc(Br)cc1)SCC(=O)N2. The summed E-state index contributed by atoms with van der Waals surface area (Å²) < 4.78 is 8.98. The molecule has 2 unspecified atom stereocenters. The van der Waals surface area contributed by atoms with Gasteiger partial charge in [-0.2, -0.15) is 5.10 Å². The van der Waals surface area contributed by atoms with Crippen molar-refractivity contribution in [2.24, 2.45) is 0 Å². The number of carbonyl (C=O) groups excluding carboxylic acids is 1. The minimum atomic E-state index is -0.176. The summed E-state index contributed by atoms with van der Waals surface area (Å²) in [5.74, 6) is 1.33. The average Bonchev–Trinajstić information content (AvgIpc) is 2.81. The van der Waals surface area contributed by atoms with E-state index in [2.05, 4.69) is 59.4 Å². The van der Waals surface area contributed by atoms with E-state index in [-0.39, 0.29) is 22.8 Å². The third-order valence-corrected chi connectivity index (χ3v) is 7.02. The molecule has 1 fully saturated rings. The molecule has 1 saturated heterocycles. The van der Waals surface area contributed by atoms with Crippen molar-refractivity contribution in [1.29, 1.82) is 0 Å². The number of anilines is 1. The molecule has 1 N–H and O–H groups in total. The molecule has 4 rings (SSSR count). The van der Waals surface area contributed by atoms with Crippen LogP contribution in [0.5, 0.6) is 0 Å². The van der Waals surface area contributed by atoms with Crippen LogP contribution in [-0.4, -0.2) is 33.6 Å². The number of ether oxygens (including phenoxy) is 1. The number of fused-ring (bicyclic) bond motifs is 1. The zero-order valence-electron chi connectivity index (χ0n) is 15.8. The molecule has 0 saturated carbocycles. The molecular weight excluding hydrogens is 426 g/mol. The van der Waals surface area contributed by atoms with Crippen molar-refractivity contribution in [3.8, 4) is 0 Å². The molecule has 2 atom stereocenters. The van der Waals surface area contributed by atoms with Crippen LogP contribution in [0.3, 0.4) is 0 Å². The zero-order valence-corrected chi connectivity index (χ0v) is 18.2. The van der Waals surface area contributed by atoms with E-state index in [1.165, 1.54) is 5.56 Å². The molecule has 1 aromatic carbocycles. The van der Waals surface area contributed by atoms with Gasteiger partial charge >= 0.3 is 0 Å². The number of thioether (sulfide) groups is 1. The van der Waals surface area contributed by atoms with E-state index in [9.17, 15) is 4.79 Å². The summed E-state index contributed by atoms with van der Waals surface area (Å²) in [5, 5.41) is 8.10. The van der Waals surface area contributed by atoms with E-state index < -0.39 is 0 Å². The third-order valence-electron chi connectivity index (χ3n) is 5.22. The van der Waals surface area contributed by atoms with E-state index in [0.29, 0.717) is 12.4 Å². The zero-order chi connectivity index (χ0) is 19.2. The van der Waals surface area contributed by atoms with Crippen molar-refractivity contribution in [1.82, 2.24) is 9.78 Å². The molecule has 3 heterocycles. The van der Waals surface area contributed by atoms with Gasteiger partial charge in [-0.05, 0) is 51.3 Å². The van der Waals surface area contributed by atoms with Crippen molar-refractivity contribution >= 4 is 39.4 Å². The number of halogens is 1. The quantitative estimate of drug-likeness (QED) is 0.710. The summed E-state index contributed by atoms with van der Waals surface area (Å²) in [6.07, 6.45) is 1.79. The lowest BCUT2D eigenvalue weighted by atomic mass is 9.94. The average molecular weight is 450 g/mol. The van der Waals surface area contributed by atoms with Gasteiger partial charge in [0, 0.05) is 16.6 Å². The maximum absolute atomic E-state index is 12.4. The van der Waals surface area contributed by atoms with E-state index in [1.54, 1.807) is 11.8 Å². The Morgan fingerprint density at radius 2 is 2.07 bits per heavy atom. The Morgan fingerprint density at radius 1 is 1.33 bits per heavy atom. The first-order valence-corrected chi connectivity index (χ1v) is 11.1. The van der Waals surface area contributed by atoms with E-state index in [4.69, 9.17) is 9.84 Å². The maximum Gasteiger partial charge on any atom is 0.235 e. The number of hydrogen-bond acceptors (Lipinski definition) is 4. The fraction of sp³-hybridized carbons (Fsp3) is 0.500. The third kappa shape index (κ3) is 3.82. The molecule has 27 heavy (non-hydrogen) atoms. The lowest BCUT2D eigenvalue weighted by Gasteiger charge is -2.36. The highest BCUT2D eigenvalue weighted by Crippen LogP contribution is 2.45. The predicted octanol–water partition coefficient (Wildman–Crippen LogP) is 4.86. The summed E-state index contributed by atoms with van der Waals surface area (Å²) >= 11 is 5.17. The van der Waals surface area contributed by atoms with Crippen LogP contribution in [0.2, 0.25) is 0 Å². The van der Waals surface area contributed by atoms with E-state index in [0.717, 1.165) is 34.4 Å². The summed E-state index contributed by atoms with van der Waals surface area (Å²) in [5.41, 5.74) is 3.12. The van der Waals surface area contributed by atoms with Gasteiger partial charge in [0.05, 0.1) is 28.3 Å². The van der Waals surface area contributed by atoms with Crippen LogP contribution in [0.15, 0.2) is 28.7 Å². The highest BCUT2D eigenvalue weighted by molar-refractivity contribution is 9.10. The van der Waals surface area contributed by atoms with E-state index in [1.807, 2.05) is 11.6 Å². The Morgan fingerprint density at radius 3 is 2.78 bits per heavy atom. The van der Waals surface area contributed by atoms with Crippen LogP contribution in [0.1, 0.15) is 54.8 Å². The Bertz CT molecular complexity index is 863.